The summed E-state index contributed by atoms with van der Waals surface area (Å²) in [6.07, 6.45) is 4.99. The molecular weight excluding hydrogens is 414 g/mol. The molecule has 2 aromatic carbocycles. The Hall–Kier alpha value is -2.70. The van der Waals surface area contributed by atoms with Crippen molar-refractivity contribution >= 4 is 11.8 Å². The zero-order chi connectivity index (χ0) is 22.4. The monoisotopic (exact) mass is 445 g/mol. The van der Waals surface area contributed by atoms with Crippen LogP contribution in [0.4, 0.5) is 0 Å². The highest BCUT2D eigenvalue weighted by molar-refractivity contribution is 5.98. The molecule has 1 N–H and O–H groups in total. The molecule has 2 aromatic rings. The number of carbonyl (C=O) groups excluding carboxylic acids is 2. The molecule has 4 heterocycles. The maximum absolute atomic E-state index is 13.2. The molecule has 0 aromatic heterocycles. The van der Waals surface area contributed by atoms with E-state index in [4.69, 9.17) is 4.74 Å². The molecule has 3 fully saturated rings. The number of fused-ring (bicyclic) bond motifs is 3. The summed E-state index contributed by atoms with van der Waals surface area (Å²) in [5, 5.41) is 3.76. The molecule has 2 bridgehead atoms. The van der Waals surface area contributed by atoms with Gasteiger partial charge in [0, 0.05) is 36.3 Å². The van der Waals surface area contributed by atoms with Crippen molar-refractivity contribution in [3.63, 3.8) is 0 Å². The van der Waals surface area contributed by atoms with Crippen molar-refractivity contribution < 1.29 is 14.3 Å². The van der Waals surface area contributed by atoms with Crippen LogP contribution in [-0.2, 0) is 17.7 Å². The van der Waals surface area contributed by atoms with Crippen molar-refractivity contribution in [1.82, 2.24) is 15.1 Å². The SMILES string of the molecule is O=C(c1ccc(C(=O)N2C3CCC2COC3)cc1)N1CCC2(CC1)Cc1ccccc1CN2. The van der Waals surface area contributed by atoms with Crippen LogP contribution in [0.5, 0.6) is 0 Å². The van der Waals surface area contributed by atoms with Gasteiger partial charge in [-0.05, 0) is 67.5 Å². The number of morpholine rings is 1. The van der Waals surface area contributed by atoms with E-state index in [1.165, 1.54) is 11.1 Å². The molecule has 3 saturated heterocycles. The second kappa shape index (κ2) is 8.26. The van der Waals surface area contributed by atoms with E-state index in [-0.39, 0.29) is 29.4 Å². The molecule has 0 aliphatic carbocycles. The fraction of sp³-hybridized carbons (Fsp3) is 0.481. The summed E-state index contributed by atoms with van der Waals surface area (Å²) in [6.45, 7) is 3.69. The van der Waals surface area contributed by atoms with E-state index < -0.39 is 0 Å². The second-order valence-electron chi connectivity index (χ2n) is 10.1. The lowest BCUT2D eigenvalue weighted by molar-refractivity contribution is -0.00716. The molecule has 1 spiro atoms. The standard InChI is InChI=1S/C27H31N3O3/c31-25(29-13-11-27(12-14-29)15-21-3-1-2-4-22(21)16-28-27)19-5-7-20(8-6-19)26(32)30-23-9-10-24(30)18-33-17-23/h1-8,23-24,28H,9-18H2. The normalized spacial score (nSPS) is 25.7. The van der Waals surface area contributed by atoms with Crippen molar-refractivity contribution in [3.05, 3.63) is 70.8 Å². The first-order valence-corrected chi connectivity index (χ1v) is 12.2. The van der Waals surface area contributed by atoms with E-state index in [9.17, 15) is 9.59 Å². The van der Waals surface area contributed by atoms with Gasteiger partial charge in [0.25, 0.3) is 11.8 Å². The smallest absolute Gasteiger partial charge is 0.254 e. The Kier molecular flexibility index (Phi) is 5.23. The van der Waals surface area contributed by atoms with E-state index >= 15 is 0 Å². The van der Waals surface area contributed by atoms with E-state index in [1.807, 2.05) is 34.1 Å². The number of likely N-dealkylation sites (tertiary alicyclic amines) is 1. The minimum absolute atomic E-state index is 0.0616. The summed E-state index contributed by atoms with van der Waals surface area (Å²) < 4.78 is 5.60. The first-order valence-electron chi connectivity index (χ1n) is 12.2. The third kappa shape index (κ3) is 3.75. The van der Waals surface area contributed by atoms with Crippen LogP contribution in [-0.4, -0.2) is 65.5 Å². The maximum Gasteiger partial charge on any atom is 0.254 e. The molecule has 172 valence electrons. The Morgan fingerprint density at radius 3 is 2.12 bits per heavy atom. The molecule has 2 atom stereocenters. The van der Waals surface area contributed by atoms with Gasteiger partial charge in [-0.3, -0.25) is 9.59 Å². The largest absolute Gasteiger partial charge is 0.377 e. The summed E-state index contributed by atoms with van der Waals surface area (Å²) in [5.74, 6) is 0.125. The van der Waals surface area contributed by atoms with Gasteiger partial charge in [-0.1, -0.05) is 24.3 Å². The molecule has 6 nitrogen and oxygen atoms in total. The maximum atomic E-state index is 13.2. The van der Waals surface area contributed by atoms with Crippen LogP contribution in [0.2, 0.25) is 0 Å². The number of nitrogens with one attached hydrogen (secondary N) is 1. The van der Waals surface area contributed by atoms with Crippen LogP contribution >= 0.6 is 0 Å². The number of ether oxygens (including phenoxy) is 1. The molecule has 0 saturated carbocycles. The fourth-order valence-corrected chi connectivity index (χ4v) is 6.15. The van der Waals surface area contributed by atoms with E-state index in [0.29, 0.717) is 24.3 Å². The predicted octanol–water partition coefficient (Wildman–Crippen LogP) is 3.01. The summed E-state index contributed by atoms with van der Waals surface area (Å²) in [4.78, 5) is 30.2. The van der Waals surface area contributed by atoms with Crippen LogP contribution in [0, 0.1) is 0 Å². The third-order valence-electron chi connectivity index (χ3n) is 8.16. The van der Waals surface area contributed by atoms with Crippen LogP contribution in [0.25, 0.3) is 0 Å². The van der Waals surface area contributed by atoms with Crippen LogP contribution in [0.15, 0.2) is 48.5 Å². The zero-order valence-corrected chi connectivity index (χ0v) is 19.0. The van der Waals surface area contributed by atoms with Gasteiger partial charge in [0.2, 0.25) is 0 Å². The molecule has 6 heteroatoms. The highest BCUT2D eigenvalue weighted by Crippen LogP contribution is 2.33. The highest BCUT2D eigenvalue weighted by Gasteiger charge is 2.41. The summed E-state index contributed by atoms with van der Waals surface area (Å²) >= 11 is 0. The lowest BCUT2D eigenvalue weighted by atomic mass is 9.78. The lowest BCUT2D eigenvalue weighted by Gasteiger charge is -2.45. The molecule has 4 aliphatic rings. The quantitative estimate of drug-likeness (QED) is 0.772. The van der Waals surface area contributed by atoms with Crippen LogP contribution < -0.4 is 5.32 Å². The molecule has 33 heavy (non-hydrogen) atoms. The predicted molar refractivity (Wildman–Crippen MR) is 125 cm³/mol. The van der Waals surface area contributed by atoms with Crippen molar-refractivity contribution in [2.75, 3.05) is 26.3 Å². The van der Waals surface area contributed by atoms with Crippen LogP contribution in [0.1, 0.15) is 57.5 Å². The van der Waals surface area contributed by atoms with E-state index in [2.05, 4.69) is 29.6 Å². The first-order chi connectivity index (χ1) is 16.1. The average molecular weight is 446 g/mol. The van der Waals surface area contributed by atoms with Gasteiger partial charge >= 0.3 is 0 Å². The van der Waals surface area contributed by atoms with E-state index in [0.717, 1.165) is 51.7 Å². The molecular formula is C27H31N3O3. The molecule has 2 unspecified atom stereocenters. The van der Waals surface area contributed by atoms with E-state index in [1.54, 1.807) is 0 Å². The Labute approximate surface area is 194 Å². The summed E-state index contributed by atoms with van der Waals surface area (Å²) in [7, 11) is 0. The molecule has 2 amide bonds. The second-order valence-corrected chi connectivity index (χ2v) is 10.1. The molecule has 6 rings (SSSR count). The molecule has 0 radical (unpaired) electrons. The number of benzene rings is 2. The third-order valence-corrected chi connectivity index (χ3v) is 8.16. The summed E-state index contributed by atoms with van der Waals surface area (Å²) in [6, 6.07) is 16.3. The Morgan fingerprint density at radius 1 is 0.848 bits per heavy atom. The van der Waals surface area contributed by atoms with Gasteiger partial charge in [0.15, 0.2) is 0 Å². The Morgan fingerprint density at radius 2 is 1.45 bits per heavy atom. The van der Waals surface area contributed by atoms with Crippen molar-refractivity contribution in [3.8, 4) is 0 Å². The first kappa shape index (κ1) is 20.9. The van der Waals surface area contributed by atoms with Crippen molar-refractivity contribution in [2.24, 2.45) is 0 Å². The van der Waals surface area contributed by atoms with Crippen molar-refractivity contribution in [2.45, 2.75) is 56.3 Å². The minimum atomic E-state index is 0.0616. The summed E-state index contributed by atoms with van der Waals surface area (Å²) in [5.41, 5.74) is 4.24. The Balaban J connectivity index is 1.09. The number of hydrogen-bond donors (Lipinski definition) is 1. The topological polar surface area (TPSA) is 61.9 Å². The van der Waals surface area contributed by atoms with Crippen LogP contribution in [0.3, 0.4) is 0 Å². The van der Waals surface area contributed by atoms with Gasteiger partial charge in [0.05, 0.1) is 25.3 Å². The van der Waals surface area contributed by atoms with Gasteiger partial charge in [-0.25, -0.2) is 0 Å². The van der Waals surface area contributed by atoms with Gasteiger partial charge in [-0.2, -0.15) is 0 Å². The number of carbonyl (C=O) groups is 2. The highest BCUT2D eigenvalue weighted by atomic mass is 16.5. The minimum Gasteiger partial charge on any atom is -0.377 e. The van der Waals surface area contributed by atoms with Gasteiger partial charge < -0.3 is 19.9 Å². The molecule has 4 aliphatic heterocycles. The zero-order valence-electron chi connectivity index (χ0n) is 19.0. The number of hydrogen-bond acceptors (Lipinski definition) is 4. The number of rotatable bonds is 2. The lowest BCUT2D eigenvalue weighted by Crippen LogP contribution is -2.57. The Bertz CT molecular complexity index is 1040. The van der Waals surface area contributed by atoms with Crippen molar-refractivity contribution in [1.29, 1.82) is 0 Å². The number of amides is 2. The number of piperidine rings is 1. The average Bonchev–Trinajstić information content (AvgIpc) is 3.11. The fourth-order valence-electron chi connectivity index (χ4n) is 6.15. The number of nitrogens with zero attached hydrogens (tertiary/aromatic N) is 2. The van der Waals surface area contributed by atoms with Gasteiger partial charge in [-0.15, -0.1) is 0 Å². The van der Waals surface area contributed by atoms with Gasteiger partial charge in [0.1, 0.15) is 0 Å².